The summed E-state index contributed by atoms with van der Waals surface area (Å²) in [4.78, 5) is 0. The third kappa shape index (κ3) is 26.2. The minimum atomic E-state index is 0.440. The molecule has 0 spiro atoms. The van der Waals surface area contributed by atoms with Crippen molar-refractivity contribution >= 4 is 145 Å². The van der Waals surface area contributed by atoms with Gasteiger partial charge in [0.1, 0.15) is 0 Å². The fourth-order valence-electron chi connectivity index (χ4n) is 2.54. The average Bonchev–Trinajstić information content (AvgIpc) is 2.83. The molecule has 0 aliphatic heterocycles. The molecule has 0 bridgehead atoms. The van der Waals surface area contributed by atoms with Crippen LogP contribution in [0.3, 0.4) is 0 Å². The van der Waals surface area contributed by atoms with Gasteiger partial charge in [-0.3, -0.25) is 0 Å². The van der Waals surface area contributed by atoms with Crippen molar-refractivity contribution in [2.45, 2.75) is 0 Å². The van der Waals surface area contributed by atoms with E-state index in [0.717, 1.165) is 23.0 Å². The van der Waals surface area contributed by atoms with E-state index in [-0.39, 0.29) is 0 Å². The number of hydrogen-bond donors (Lipinski definition) is 4. The molecule has 0 atom stereocenters. The van der Waals surface area contributed by atoms with Crippen LogP contribution in [0.1, 0.15) is 0 Å². The first kappa shape index (κ1) is 37.2. The van der Waals surface area contributed by atoms with Gasteiger partial charge in [-0.05, 0) is 23.0 Å². The molecule has 0 rings (SSSR count). The summed E-state index contributed by atoms with van der Waals surface area (Å²) in [5.41, 5.74) is 0.440. The zero-order valence-electron chi connectivity index (χ0n) is 19.7. The molecule has 12 heteroatoms. The van der Waals surface area contributed by atoms with E-state index in [1.807, 2.05) is 0 Å². The van der Waals surface area contributed by atoms with Gasteiger partial charge in [0.25, 0.3) is 0 Å². The first-order chi connectivity index (χ1) is 16.2. The summed E-state index contributed by atoms with van der Waals surface area (Å²) < 4.78 is 0. The van der Waals surface area contributed by atoms with Crippen molar-refractivity contribution < 1.29 is 0 Å². The third-order valence-corrected chi connectivity index (χ3v) is 16.4. The molecule has 33 heavy (non-hydrogen) atoms. The maximum Gasteiger partial charge on any atom is 0.00650 e. The van der Waals surface area contributed by atoms with Crippen molar-refractivity contribution in [3.8, 4) is 0 Å². The highest BCUT2D eigenvalue weighted by Crippen LogP contribution is 2.36. The molecule has 0 heterocycles. The van der Waals surface area contributed by atoms with E-state index in [2.05, 4.69) is 145 Å². The quantitative estimate of drug-likeness (QED) is 0.0488. The number of thiol groups is 4. The summed E-state index contributed by atoms with van der Waals surface area (Å²) in [5.74, 6) is 24.0. The second kappa shape index (κ2) is 30.7. The highest BCUT2D eigenvalue weighted by molar-refractivity contribution is 8.05. The number of rotatable bonds is 28. The maximum absolute atomic E-state index is 4.34. The van der Waals surface area contributed by atoms with E-state index in [1.54, 1.807) is 0 Å². The molecule has 0 unspecified atom stereocenters. The SMILES string of the molecule is SCCSCCSCC(CSCCSCCS)(CSCCSCCS)CSCCSCCS. The van der Waals surface area contributed by atoms with Crippen molar-refractivity contribution in [1.82, 2.24) is 0 Å². The molecule has 0 N–H and O–H groups in total. The van der Waals surface area contributed by atoms with Crippen molar-refractivity contribution in [3.05, 3.63) is 0 Å². The maximum atomic E-state index is 4.34. The molecule has 0 aromatic carbocycles. The summed E-state index contributed by atoms with van der Waals surface area (Å²) in [6.45, 7) is 0. The molecular weight excluding hydrogens is 637 g/mol. The van der Waals surface area contributed by atoms with Crippen LogP contribution in [0.2, 0.25) is 0 Å². The fourth-order valence-corrected chi connectivity index (χ4v) is 13.5. The number of hydrogen-bond acceptors (Lipinski definition) is 12. The van der Waals surface area contributed by atoms with Crippen LogP contribution >= 0.6 is 145 Å². The lowest BCUT2D eigenvalue weighted by Crippen LogP contribution is -2.34. The second-order valence-corrected chi connectivity index (χ2v) is 18.2. The van der Waals surface area contributed by atoms with Crippen LogP contribution in [0.25, 0.3) is 0 Å². The molecule has 0 aliphatic carbocycles. The summed E-state index contributed by atoms with van der Waals surface area (Å²) in [6.07, 6.45) is 0. The Bertz CT molecular complexity index is 306. The van der Waals surface area contributed by atoms with Gasteiger partial charge in [0, 0.05) is 97.5 Å². The molecule has 200 valence electrons. The van der Waals surface area contributed by atoms with Crippen molar-refractivity contribution in [3.63, 3.8) is 0 Å². The lowest BCUT2D eigenvalue weighted by atomic mass is 9.99. The minimum absolute atomic E-state index is 0.440. The van der Waals surface area contributed by atoms with Crippen molar-refractivity contribution in [2.24, 2.45) is 5.41 Å². The minimum Gasteiger partial charge on any atom is -0.179 e. The predicted octanol–water partition coefficient (Wildman–Crippen LogP) is 7.56. The molecule has 0 nitrogen and oxygen atoms in total. The Balaban J connectivity index is 4.74. The zero-order chi connectivity index (χ0) is 24.3. The standard InChI is InChI=1S/C21H44S12/c22-1-5-26-9-13-30-17-21(18-31-14-10-27-6-2-23,19-32-15-11-28-7-3-24)20-33-16-12-29-8-4-25/h22-25H,1-20H2. The Morgan fingerprint density at radius 2 is 0.515 bits per heavy atom. The molecule has 0 amide bonds. The molecule has 0 aliphatic rings. The molecule has 0 fully saturated rings. The first-order valence-electron chi connectivity index (χ1n) is 11.3. The van der Waals surface area contributed by atoms with E-state index in [0.29, 0.717) is 5.41 Å². The van der Waals surface area contributed by atoms with Gasteiger partial charge in [-0.2, -0.15) is 145 Å². The summed E-state index contributed by atoms with van der Waals surface area (Å²) in [5, 5.41) is 0. The molecule has 0 saturated carbocycles. The second-order valence-electron chi connectivity index (χ2n) is 7.05. The van der Waals surface area contributed by atoms with Crippen molar-refractivity contribution in [2.75, 3.05) is 115 Å². The first-order valence-corrected chi connectivity index (χ1v) is 23.1. The van der Waals surface area contributed by atoms with E-state index in [1.165, 1.54) is 92.0 Å². The molecule has 0 aromatic heterocycles. The Labute approximate surface area is 262 Å². The van der Waals surface area contributed by atoms with Crippen LogP contribution in [0.15, 0.2) is 0 Å². The highest BCUT2D eigenvalue weighted by atomic mass is 32.2. The Morgan fingerprint density at radius 3 is 0.727 bits per heavy atom. The van der Waals surface area contributed by atoms with Crippen LogP contribution in [0.4, 0.5) is 0 Å². The normalized spacial score (nSPS) is 12.0. The van der Waals surface area contributed by atoms with Gasteiger partial charge in [-0.25, -0.2) is 0 Å². The van der Waals surface area contributed by atoms with Gasteiger partial charge in [0.2, 0.25) is 0 Å². The average molecular weight is 681 g/mol. The van der Waals surface area contributed by atoms with Crippen LogP contribution in [0, 0.1) is 5.41 Å². The summed E-state index contributed by atoms with van der Waals surface area (Å²) in [6, 6.07) is 0. The monoisotopic (exact) mass is 680 g/mol. The van der Waals surface area contributed by atoms with E-state index in [9.17, 15) is 0 Å². The van der Waals surface area contributed by atoms with Gasteiger partial charge in [0.15, 0.2) is 0 Å². The van der Waals surface area contributed by atoms with E-state index >= 15 is 0 Å². The summed E-state index contributed by atoms with van der Waals surface area (Å²) in [7, 11) is 0. The van der Waals surface area contributed by atoms with Gasteiger partial charge in [-0.15, -0.1) is 0 Å². The van der Waals surface area contributed by atoms with Crippen LogP contribution in [-0.2, 0) is 0 Å². The molecular formula is C21H44S12. The number of thioether (sulfide) groups is 8. The van der Waals surface area contributed by atoms with Gasteiger partial charge in [-0.1, -0.05) is 0 Å². The Hall–Kier alpha value is 4.20. The highest BCUT2D eigenvalue weighted by Gasteiger charge is 2.30. The Morgan fingerprint density at radius 1 is 0.303 bits per heavy atom. The van der Waals surface area contributed by atoms with Crippen LogP contribution < -0.4 is 0 Å². The Kier molecular flexibility index (Phi) is 34.6. The topological polar surface area (TPSA) is 0 Å². The van der Waals surface area contributed by atoms with E-state index in [4.69, 9.17) is 0 Å². The van der Waals surface area contributed by atoms with E-state index < -0.39 is 0 Å². The zero-order valence-corrected chi connectivity index (χ0v) is 29.8. The predicted molar refractivity (Wildman–Crippen MR) is 196 cm³/mol. The van der Waals surface area contributed by atoms with Crippen molar-refractivity contribution in [1.29, 1.82) is 0 Å². The smallest absolute Gasteiger partial charge is 0.00650 e. The van der Waals surface area contributed by atoms with Gasteiger partial charge >= 0.3 is 0 Å². The van der Waals surface area contributed by atoms with Gasteiger partial charge in [0.05, 0.1) is 0 Å². The molecule has 0 aromatic rings. The molecule has 0 saturated heterocycles. The van der Waals surface area contributed by atoms with Gasteiger partial charge < -0.3 is 0 Å². The summed E-state index contributed by atoms with van der Waals surface area (Å²) >= 11 is 34.4. The largest absolute Gasteiger partial charge is 0.179 e. The lowest BCUT2D eigenvalue weighted by molar-refractivity contribution is 0.516. The van der Waals surface area contributed by atoms with Crippen LogP contribution in [0.5, 0.6) is 0 Å². The van der Waals surface area contributed by atoms with Crippen LogP contribution in [-0.4, -0.2) is 115 Å². The third-order valence-electron chi connectivity index (χ3n) is 4.06. The fraction of sp³-hybridized carbons (Fsp3) is 1.00. The molecule has 0 radical (unpaired) electrons. The lowest BCUT2D eigenvalue weighted by Gasteiger charge is -2.33.